The molecular formula is C20H18N2O4. The van der Waals surface area contributed by atoms with Gasteiger partial charge in [0.15, 0.2) is 0 Å². The molecule has 0 heterocycles. The van der Waals surface area contributed by atoms with Crippen LogP contribution < -0.4 is 10.1 Å². The van der Waals surface area contributed by atoms with Crippen LogP contribution in [0.25, 0.3) is 6.08 Å². The zero-order valence-electron chi connectivity index (χ0n) is 14.4. The first-order valence-electron chi connectivity index (χ1n) is 7.92. The first-order valence-corrected chi connectivity index (χ1v) is 7.92. The fourth-order valence-electron chi connectivity index (χ4n) is 2.12. The average molecular weight is 350 g/mol. The quantitative estimate of drug-likeness (QED) is 0.611. The number of amides is 1. The van der Waals surface area contributed by atoms with Gasteiger partial charge in [0.05, 0.1) is 11.7 Å². The standard InChI is InChI=1S/C20H18N2O4/c1-13(2)26-18-9-3-14(4-10-18)11-16(12-21)19(23)22-17-7-5-15(6-8-17)20(24)25/h3-11,13H,1-2H3,(H,22,23)(H,24,25)/b16-11+. The third-order valence-electron chi connectivity index (χ3n) is 3.32. The van der Waals surface area contributed by atoms with E-state index in [0.717, 1.165) is 0 Å². The zero-order chi connectivity index (χ0) is 19.1. The monoisotopic (exact) mass is 350 g/mol. The number of nitrogens with one attached hydrogen (secondary N) is 1. The van der Waals surface area contributed by atoms with Crippen LogP contribution >= 0.6 is 0 Å². The van der Waals surface area contributed by atoms with Gasteiger partial charge in [-0.1, -0.05) is 12.1 Å². The number of carboxylic acids is 1. The number of hydrogen-bond donors (Lipinski definition) is 2. The van der Waals surface area contributed by atoms with Gasteiger partial charge in [-0.2, -0.15) is 5.26 Å². The minimum atomic E-state index is -1.05. The Morgan fingerprint density at radius 2 is 1.73 bits per heavy atom. The largest absolute Gasteiger partial charge is 0.491 e. The second-order valence-electron chi connectivity index (χ2n) is 5.74. The normalized spacial score (nSPS) is 10.9. The van der Waals surface area contributed by atoms with E-state index in [4.69, 9.17) is 9.84 Å². The van der Waals surface area contributed by atoms with Crippen molar-refractivity contribution in [2.45, 2.75) is 20.0 Å². The number of rotatable bonds is 6. The van der Waals surface area contributed by atoms with Crippen LogP contribution in [0, 0.1) is 11.3 Å². The van der Waals surface area contributed by atoms with Crippen LogP contribution in [0.4, 0.5) is 5.69 Å². The van der Waals surface area contributed by atoms with E-state index in [-0.39, 0.29) is 17.2 Å². The van der Waals surface area contributed by atoms with E-state index in [2.05, 4.69) is 5.32 Å². The highest BCUT2D eigenvalue weighted by Gasteiger charge is 2.10. The predicted molar refractivity (Wildman–Crippen MR) is 97.8 cm³/mol. The fourth-order valence-corrected chi connectivity index (χ4v) is 2.12. The molecule has 2 rings (SSSR count). The van der Waals surface area contributed by atoms with Crippen LogP contribution in [-0.2, 0) is 4.79 Å². The average Bonchev–Trinajstić information content (AvgIpc) is 2.61. The smallest absolute Gasteiger partial charge is 0.335 e. The number of benzene rings is 2. The van der Waals surface area contributed by atoms with Crippen molar-refractivity contribution in [2.75, 3.05) is 5.32 Å². The number of carbonyl (C=O) groups is 2. The van der Waals surface area contributed by atoms with Crippen molar-refractivity contribution in [3.8, 4) is 11.8 Å². The first-order chi connectivity index (χ1) is 12.4. The minimum Gasteiger partial charge on any atom is -0.491 e. The Morgan fingerprint density at radius 1 is 1.12 bits per heavy atom. The molecule has 0 atom stereocenters. The number of carbonyl (C=O) groups excluding carboxylic acids is 1. The van der Waals surface area contributed by atoms with Crippen molar-refractivity contribution >= 4 is 23.6 Å². The highest BCUT2D eigenvalue weighted by molar-refractivity contribution is 6.09. The van der Waals surface area contributed by atoms with Gasteiger partial charge >= 0.3 is 5.97 Å². The van der Waals surface area contributed by atoms with Crippen LogP contribution in [0.3, 0.4) is 0 Å². The maximum atomic E-state index is 12.2. The summed E-state index contributed by atoms with van der Waals surface area (Å²) in [4.78, 5) is 23.1. The summed E-state index contributed by atoms with van der Waals surface area (Å²) >= 11 is 0. The minimum absolute atomic E-state index is 0.0596. The molecule has 0 bridgehead atoms. The summed E-state index contributed by atoms with van der Waals surface area (Å²) in [5.74, 6) is -0.915. The summed E-state index contributed by atoms with van der Waals surface area (Å²) in [6.45, 7) is 3.85. The molecule has 0 saturated heterocycles. The van der Waals surface area contributed by atoms with E-state index < -0.39 is 11.9 Å². The van der Waals surface area contributed by atoms with E-state index in [1.807, 2.05) is 19.9 Å². The van der Waals surface area contributed by atoms with Gasteiger partial charge < -0.3 is 15.2 Å². The van der Waals surface area contributed by atoms with Gasteiger partial charge in [-0.05, 0) is 61.9 Å². The van der Waals surface area contributed by atoms with E-state index in [9.17, 15) is 14.9 Å². The lowest BCUT2D eigenvalue weighted by molar-refractivity contribution is -0.112. The van der Waals surface area contributed by atoms with Crippen LogP contribution in [0.2, 0.25) is 0 Å². The van der Waals surface area contributed by atoms with Crippen molar-refractivity contribution < 1.29 is 19.4 Å². The number of carboxylic acid groups (broad SMARTS) is 1. The van der Waals surface area contributed by atoms with Gasteiger partial charge in [0, 0.05) is 5.69 Å². The number of nitrogens with zero attached hydrogens (tertiary/aromatic N) is 1. The van der Waals surface area contributed by atoms with E-state index in [1.165, 1.54) is 30.3 Å². The molecule has 2 aromatic rings. The number of ether oxygens (including phenoxy) is 1. The summed E-state index contributed by atoms with van der Waals surface area (Å²) in [6.07, 6.45) is 1.53. The highest BCUT2D eigenvalue weighted by Crippen LogP contribution is 2.17. The highest BCUT2D eigenvalue weighted by atomic mass is 16.5. The molecule has 0 fully saturated rings. The summed E-state index contributed by atoms with van der Waals surface area (Å²) in [5, 5.41) is 20.7. The molecule has 0 aliphatic rings. The molecule has 0 spiro atoms. The lowest BCUT2D eigenvalue weighted by atomic mass is 10.1. The first kappa shape index (κ1) is 18.7. The van der Waals surface area contributed by atoms with Crippen LogP contribution in [0.15, 0.2) is 54.1 Å². The number of anilines is 1. The second kappa shape index (κ2) is 8.49. The topological polar surface area (TPSA) is 99.4 Å². The molecule has 6 heteroatoms. The fraction of sp³-hybridized carbons (Fsp3) is 0.150. The van der Waals surface area contributed by atoms with Crippen LogP contribution in [0.1, 0.15) is 29.8 Å². The Kier molecular flexibility index (Phi) is 6.12. The molecule has 0 aliphatic carbocycles. The Hall–Kier alpha value is -3.59. The second-order valence-corrected chi connectivity index (χ2v) is 5.74. The molecular weight excluding hydrogens is 332 g/mol. The van der Waals surface area contributed by atoms with Gasteiger partial charge in [0.25, 0.3) is 5.91 Å². The van der Waals surface area contributed by atoms with Gasteiger partial charge in [-0.3, -0.25) is 4.79 Å². The van der Waals surface area contributed by atoms with Gasteiger partial charge in [-0.15, -0.1) is 0 Å². The number of hydrogen-bond acceptors (Lipinski definition) is 4. The van der Waals surface area contributed by atoms with Crippen molar-refractivity contribution in [3.05, 3.63) is 65.2 Å². The number of nitriles is 1. The van der Waals surface area contributed by atoms with Crippen molar-refractivity contribution in [3.63, 3.8) is 0 Å². The Bertz CT molecular complexity index is 860. The Labute approximate surface area is 151 Å². The van der Waals surface area contributed by atoms with Crippen LogP contribution in [-0.4, -0.2) is 23.1 Å². The van der Waals surface area contributed by atoms with Crippen molar-refractivity contribution in [2.24, 2.45) is 0 Å². The molecule has 0 aromatic heterocycles. The van der Waals surface area contributed by atoms with Crippen molar-refractivity contribution in [1.29, 1.82) is 5.26 Å². The lowest BCUT2D eigenvalue weighted by Gasteiger charge is -2.09. The Balaban J connectivity index is 2.11. The lowest BCUT2D eigenvalue weighted by Crippen LogP contribution is -2.13. The van der Waals surface area contributed by atoms with E-state index in [1.54, 1.807) is 24.3 Å². The zero-order valence-corrected chi connectivity index (χ0v) is 14.4. The molecule has 1 amide bonds. The molecule has 0 radical (unpaired) electrons. The molecule has 0 unspecified atom stereocenters. The number of aromatic carboxylic acids is 1. The summed E-state index contributed by atoms with van der Waals surface area (Å²) in [6, 6.07) is 14.6. The van der Waals surface area contributed by atoms with E-state index in [0.29, 0.717) is 17.0 Å². The molecule has 0 aliphatic heterocycles. The van der Waals surface area contributed by atoms with Gasteiger partial charge in [0.1, 0.15) is 17.4 Å². The molecule has 0 saturated carbocycles. The maximum absolute atomic E-state index is 12.2. The summed E-state index contributed by atoms with van der Waals surface area (Å²) < 4.78 is 5.55. The third-order valence-corrected chi connectivity index (χ3v) is 3.32. The molecule has 132 valence electrons. The van der Waals surface area contributed by atoms with Crippen molar-refractivity contribution in [1.82, 2.24) is 0 Å². The van der Waals surface area contributed by atoms with Crippen LogP contribution in [0.5, 0.6) is 5.75 Å². The summed E-state index contributed by atoms with van der Waals surface area (Å²) in [7, 11) is 0. The van der Waals surface area contributed by atoms with Gasteiger partial charge in [-0.25, -0.2) is 4.79 Å². The molecule has 26 heavy (non-hydrogen) atoms. The van der Waals surface area contributed by atoms with Gasteiger partial charge in [0.2, 0.25) is 0 Å². The maximum Gasteiger partial charge on any atom is 0.335 e. The molecule has 6 nitrogen and oxygen atoms in total. The third kappa shape index (κ3) is 5.21. The Morgan fingerprint density at radius 3 is 2.23 bits per heavy atom. The predicted octanol–water partition coefficient (Wildman–Crippen LogP) is 3.72. The summed E-state index contributed by atoms with van der Waals surface area (Å²) in [5.41, 5.74) is 1.14. The SMILES string of the molecule is CC(C)Oc1ccc(/C=C(\C#N)C(=O)Nc2ccc(C(=O)O)cc2)cc1. The molecule has 2 N–H and O–H groups in total. The molecule has 2 aromatic carbocycles. The van der Waals surface area contributed by atoms with E-state index >= 15 is 0 Å².